The predicted octanol–water partition coefficient (Wildman–Crippen LogP) is 4.64. The predicted molar refractivity (Wildman–Crippen MR) is 87.2 cm³/mol. The largest absolute Gasteiger partial charge is 0.466 e. The van der Waals surface area contributed by atoms with E-state index in [4.69, 9.17) is 32.7 Å². The van der Waals surface area contributed by atoms with Gasteiger partial charge in [0.15, 0.2) is 6.79 Å². The maximum Gasteiger partial charge on any atom is 0.189 e. The standard InChI is InChI=1S/C16H23Cl2NO2/c1-16(2,3)19-8-12-6-13(17)7-14(18)15(12)21-10-20-9-11-4-5-11/h6-7,11,19H,4-5,8-10H2,1-3H3. The molecule has 1 aliphatic rings. The molecule has 1 aromatic carbocycles. The highest BCUT2D eigenvalue weighted by Crippen LogP contribution is 2.33. The second kappa shape index (κ2) is 7.19. The molecular formula is C16H23Cl2NO2. The van der Waals surface area contributed by atoms with E-state index in [9.17, 15) is 0 Å². The van der Waals surface area contributed by atoms with Crippen LogP contribution in [0.2, 0.25) is 10.0 Å². The fourth-order valence-corrected chi connectivity index (χ4v) is 2.46. The molecule has 0 aromatic heterocycles. The molecule has 21 heavy (non-hydrogen) atoms. The van der Waals surface area contributed by atoms with E-state index < -0.39 is 0 Å². The van der Waals surface area contributed by atoms with Crippen molar-refractivity contribution in [2.24, 2.45) is 5.92 Å². The molecule has 0 radical (unpaired) electrons. The van der Waals surface area contributed by atoms with Gasteiger partial charge < -0.3 is 14.8 Å². The third-order valence-corrected chi connectivity index (χ3v) is 3.73. The van der Waals surface area contributed by atoms with E-state index in [0.29, 0.717) is 22.3 Å². The second-order valence-corrected chi connectivity index (χ2v) is 7.40. The SMILES string of the molecule is CC(C)(C)NCc1cc(Cl)cc(Cl)c1OCOCC1CC1. The first-order valence-corrected chi connectivity index (χ1v) is 8.04. The third kappa shape index (κ3) is 6.03. The van der Waals surface area contributed by atoms with Crippen molar-refractivity contribution in [2.45, 2.75) is 45.7 Å². The first kappa shape index (κ1) is 16.9. The van der Waals surface area contributed by atoms with Crippen LogP contribution in [0.5, 0.6) is 5.75 Å². The summed E-state index contributed by atoms with van der Waals surface area (Å²) in [4.78, 5) is 0. The summed E-state index contributed by atoms with van der Waals surface area (Å²) in [5, 5.41) is 4.54. The lowest BCUT2D eigenvalue weighted by Crippen LogP contribution is -2.35. The lowest BCUT2D eigenvalue weighted by Gasteiger charge is -2.22. The number of halogens is 2. The summed E-state index contributed by atoms with van der Waals surface area (Å²) in [6.45, 7) is 7.96. The fourth-order valence-electron chi connectivity index (χ4n) is 1.87. The van der Waals surface area contributed by atoms with E-state index in [1.807, 2.05) is 6.07 Å². The van der Waals surface area contributed by atoms with Crippen molar-refractivity contribution in [2.75, 3.05) is 13.4 Å². The minimum atomic E-state index is 0.00847. The van der Waals surface area contributed by atoms with Crippen LogP contribution >= 0.6 is 23.2 Å². The number of hydrogen-bond donors (Lipinski definition) is 1. The van der Waals surface area contributed by atoms with E-state index in [-0.39, 0.29) is 12.3 Å². The van der Waals surface area contributed by atoms with Gasteiger partial charge in [-0.15, -0.1) is 0 Å². The third-order valence-electron chi connectivity index (χ3n) is 3.23. The van der Waals surface area contributed by atoms with Crippen molar-refractivity contribution in [3.63, 3.8) is 0 Å². The number of rotatable bonds is 7. The van der Waals surface area contributed by atoms with Crippen LogP contribution in [0.4, 0.5) is 0 Å². The van der Waals surface area contributed by atoms with Gasteiger partial charge in [0.1, 0.15) is 5.75 Å². The van der Waals surface area contributed by atoms with Gasteiger partial charge in [-0.05, 0) is 51.7 Å². The average Bonchev–Trinajstić information content (AvgIpc) is 3.17. The number of nitrogens with one attached hydrogen (secondary N) is 1. The van der Waals surface area contributed by atoms with Gasteiger partial charge >= 0.3 is 0 Å². The Bertz CT molecular complexity index is 482. The normalized spacial score (nSPS) is 15.3. The van der Waals surface area contributed by atoms with Crippen LogP contribution in [0.3, 0.4) is 0 Å². The molecule has 0 atom stereocenters. The smallest absolute Gasteiger partial charge is 0.189 e. The topological polar surface area (TPSA) is 30.5 Å². The van der Waals surface area contributed by atoms with Crippen molar-refractivity contribution in [1.82, 2.24) is 5.32 Å². The molecule has 0 aliphatic heterocycles. The van der Waals surface area contributed by atoms with E-state index in [2.05, 4.69) is 26.1 Å². The van der Waals surface area contributed by atoms with E-state index >= 15 is 0 Å². The molecule has 118 valence electrons. The Morgan fingerprint density at radius 2 is 1.95 bits per heavy atom. The zero-order chi connectivity index (χ0) is 15.5. The van der Waals surface area contributed by atoms with Crippen molar-refractivity contribution in [1.29, 1.82) is 0 Å². The summed E-state index contributed by atoms with van der Waals surface area (Å²) < 4.78 is 11.2. The summed E-state index contributed by atoms with van der Waals surface area (Å²) in [5.74, 6) is 1.37. The van der Waals surface area contributed by atoms with Crippen molar-refractivity contribution in [3.05, 3.63) is 27.7 Å². The molecule has 1 N–H and O–H groups in total. The Hall–Kier alpha value is -0.480. The van der Waals surface area contributed by atoms with E-state index in [1.54, 1.807) is 6.07 Å². The maximum atomic E-state index is 6.25. The van der Waals surface area contributed by atoms with Gasteiger partial charge in [-0.25, -0.2) is 0 Å². The molecule has 0 bridgehead atoms. The van der Waals surface area contributed by atoms with Crippen molar-refractivity contribution >= 4 is 23.2 Å². The lowest BCUT2D eigenvalue weighted by atomic mass is 10.1. The zero-order valence-electron chi connectivity index (χ0n) is 12.8. The van der Waals surface area contributed by atoms with Gasteiger partial charge in [0.05, 0.1) is 11.6 Å². The molecule has 0 amide bonds. The minimum absolute atomic E-state index is 0.00847. The number of benzene rings is 1. The summed E-state index contributed by atoms with van der Waals surface area (Å²) in [6, 6.07) is 3.57. The molecule has 1 saturated carbocycles. The molecule has 2 rings (SSSR count). The lowest BCUT2D eigenvalue weighted by molar-refractivity contribution is 0.00944. The van der Waals surface area contributed by atoms with E-state index in [1.165, 1.54) is 12.8 Å². The van der Waals surface area contributed by atoms with Crippen LogP contribution in [0.15, 0.2) is 12.1 Å². The minimum Gasteiger partial charge on any atom is -0.466 e. The molecule has 0 unspecified atom stereocenters. The van der Waals surface area contributed by atoms with E-state index in [0.717, 1.165) is 18.1 Å². The molecule has 1 aliphatic carbocycles. The molecule has 5 heteroatoms. The highest BCUT2D eigenvalue weighted by Gasteiger charge is 2.21. The Morgan fingerprint density at radius 3 is 2.57 bits per heavy atom. The van der Waals surface area contributed by atoms with Crippen LogP contribution < -0.4 is 10.1 Å². The number of ether oxygens (including phenoxy) is 2. The second-order valence-electron chi connectivity index (χ2n) is 6.56. The molecule has 1 fully saturated rings. The van der Waals surface area contributed by atoms with Crippen molar-refractivity contribution < 1.29 is 9.47 Å². The van der Waals surface area contributed by atoms with Gasteiger partial charge in [0.2, 0.25) is 0 Å². The number of hydrogen-bond acceptors (Lipinski definition) is 3. The summed E-state index contributed by atoms with van der Waals surface area (Å²) in [6.07, 6.45) is 2.53. The monoisotopic (exact) mass is 331 g/mol. The van der Waals surface area contributed by atoms with Gasteiger partial charge in [-0.3, -0.25) is 0 Å². The Balaban J connectivity index is 1.98. The Labute approximate surface area is 136 Å². The van der Waals surface area contributed by atoms with Gasteiger partial charge in [-0.1, -0.05) is 23.2 Å². The van der Waals surface area contributed by atoms with Gasteiger partial charge in [0, 0.05) is 22.7 Å². The summed E-state index contributed by atoms with van der Waals surface area (Å²) in [7, 11) is 0. The first-order chi connectivity index (χ1) is 9.85. The molecule has 0 saturated heterocycles. The first-order valence-electron chi connectivity index (χ1n) is 7.28. The van der Waals surface area contributed by atoms with Crippen molar-refractivity contribution in [3.8, 4) is 5.75 Å². The van der Waals surface area contributed by atoms with Crippen LogP contribution in [-0.4, -0.2) is 18.9 Å². The Kier molecular flexibility index (Phi) is 5.78. The summed E-state index contributed by atoms with van der Waals surface area (Å²) >= 11 is 12.3. The Morgan fingerprint density at radius 1 is 1.24 bits per heavy atom. The quantitative estimate of drug-likeness (QED) is 0.583. The highest BCUT2D eigenvalue weighted by atomic mass is 35.5. The van der Waals surface area contributed by atoms with Crippen LogP contribution in [0.25, 0.3) is 0 Å². The highest BCUT2D eigenvalue weighted by molar-refractivity contribution is 6.35. The average molecular weight is 332 g/mol. The van der Waals surface area contributed by atoms with Crippen LogP contribution in [0.1, 0.15) is 39.2 Å². The molecule has 3 nitrogen and oxygen atoms in total. The van der Waals surface area contributed by atoms with Gasteiger partial charge in [0.25, 0.3) is 0 Å². The van der Waals surface area contributed by atoms with Crippen LogP contribution in [0, 0.1) is 5.92 Å². The molecule has 0 spiro atoms. The fraction of sp³-hybridized carbons (Fsp3) is 0.625. The maximum absolute atomic E-state index is 6.25. The molecular weight excluding hydrogens is 309 g/mol. The van der Waals surface area contributed by atoms with Crippen LogP contribution in [-0.2, 0) is 11.3 Å². The van der Waals surface area contributed by atoms with Gasteiger partial charge in [-0.2, -0.15) is 0 Å². The molecule has 0 heterocycles. The molecule has 1 aromatic rings. The zero-order valence-corrected chi connectivity index (χ0v) is 14.4. The summed E-state index contributed by atoms with van der Waals surface area (Å²) in [5.41, 5.74) is 0.951.